The van der Waals surface area contributed by atoms with Crippen LogP contribution in [0.5, 0.6) is 0 Å². The molecule has 0 aliphatic rings. The van der Waals surface area contributed by atoms with Crippen LogP contribution in [0.3, 0.4) is 0 Å². The molecule has 0 spiro atoms. The van der Waals surface area contributed by atoms with E-state index in [0.29, 0.717) is 5.56 Å². The molecule has 2 aromatic heterocycles. The SMILES string of the molecule is Cn1ccc2ccc(C(=O)Nc3ccc4scnc4c3)cc21. The Morgan fingerprint density at radius 3 is 3.00 bits per heavy atom. The van der Waals surface area contributed by atoms with Gasteiger partial charge in [0.25, 0.3) is 5.91 Å². The van der Waals surface area contributed by atoms with Gasteiger partial charge in [-0.05, 0) is 41.8 Å². The first-order chi connectivity index (χ1) is 10.7. The van der Waals surface area contributed by atoms with Gasteiger partial charge in [0.15, 0.2) is 0 Å². The number of thiazole rings is 1. The first kappa shape index (κ1) is 13.0. The van der Waals surface area contributed by atoms with Crippen molar-refractivity contribution in [3.05, 3.63) is 59.7 Å². The molecule has 0 bridgehead atoms. The Bertz CT molecular complexity index is 999. The number of nitrogens with one attached hydrogen (secondary N) is 1. The highest BCUT2D eigenvalue weighted by Crippen LogP contribution is 2.22. The van der Waals surface area contributed by atoms with Gasteiger partial charge in [-0.1, -0.05) is 6.07 Å². The second-order valence-corrected chi connectivity index (χ2v) is 6.08. The molecule has 5 heteroatoms. The zero-order valence-electron chi connectivity index (χ0n) is 11.9. The lowest BCUT2D eigenvalue weighted by Crippen LogP contribution is -2.11. The molecule has 0 unspecified atom stereocenters. The minimum absolute atomic E-state index is 0.113. The summed E-state index contributed by atoms with van der Waals surface area (Å²) in [6.45, 7) is 0. The van der Waals surface area contributed by atoms with Crippen molar-refractivity contribution in [2.24, 2.45) is 7.05 Å². The van der Waals surface area contributed by atoms with Gasteiger partial charge in [0.05, 0.1) is 15.7 Å². The molecule has 0 atom stereocenters. The number of benzene rings is 2. The summed E-state index contributed by atoms with van der Waals surface area (Å²) in [7, 11) is 1.97. The minimum Gasteiger partial charge on any atom is -0.351 e. The van der Waals surface area contributed by atoms with Gasteiger partial charge < -0.3 is 9.88 Å². The van der Waals surface area contributed by atoms with Crippen LogP contribution >= 0.6 is 11.3 Å². The summed E-state index contributed by atoms with van der Waals surface area (Å²) in [6.07, 6.45) is 1.99. The molecule has 2 heterocycles. The van der Waals surface area contributed by atoms with Crippen LogP contribution in [0.2, 0.25) is 0 Å². The maximum Gasteiger partial charge on any atom is 0.255 e. The maximum absolute atomic E-state index is 12.4. The molecule has 1 N–H and O–H groups in total. The van der Waals surface area contributed by atoms with E-state index in [1.807, 2.05) is 60.3 Å². The lowest BCUT2D eigenvalue weighted by atomic mass is 10.1. The third kappa shape index (κ3) is 2.16. The van der Waals surface area contributed by atoms with Crippen LogP contribution in [0.25, 0.3) is 21.1 Å². The summed E-state index contributed by atoms with van der Waals surface area (Å²) in [5, 5.41) is 4.06. The van der Waals surface area contributed by atoms with Crippen molar-refractivity contribution in [1.29, 1.82) is 0 Å². The van der Waals surface area contributed by atoms with Crippen LogP contribution in [-0.4, -0.2) is 15.5 Å². The van der Waals surface area contributed by atoms with Crippen LogP contribution < -0.4 is 5.32 Å². The standard InChI is InChI=1S/C17H13N3OS/c1-20-7-6-11-2-3-12(8-15(11)20)17(21)19-13-4-5-16-14(9-13)18-10-22-16/h2-10H,1H3,(H,19,21). The molecular formula is C17H13N3OS. The van der Waals surface area contributed by atoms with E-state index in [0.717, 1.165) is 26.8 Å². The number of carbonyl (C=O) groups is 1. The van der Waals surface area contributed by atoms with Crippen LogP contribution in [0.1, 0.15) is 10.4 Å². The summed E-state index contributed by atoms with van der Waals surface area (Å²) < 4.78 is 3.12. The van der Waals surface area contributed by atoms with Crippen molar-refractivity contribution in [2.75, 3.05) is 5.32 Å². The van der Waals surface area contributed by atoms with Crippen molar-refractivity contribution in [3.8, 4) is 0 Å². The van der Waals surface area contributed by atoms with Crippen LogP contribution in [0, 0.1) is 0 Å². The molecule has 4 nitrogen and oxygen atoms in total. The quantitative estimate of drug-likeness (QED) is 0.607. The van der Waals surface area contributed by atoms with E-state index >= 15 is 0 Å². The smallest absolute Gasteiger partial charge is 0.255 e. The van der Waals surface area contributed by atoms with Crippen LogP contribution in [0.15, 0.2) is 54.2 Å². The Labute approximate surface area is 131 Å². The lowest BCUT2D eigenvalue weighted by molar-refractivity contribution is 0.102. The molecule has 0 saturated carbocycles. The Balaban J connectivity index is 1.65. The van der Waals surface area contributed by atoms with E-state index in [1.165, 1.54) is 0 Å². The average molecular weight is 307 g/mol. The van der Waals surface area contributed by atoms with Gasteiger partial charge in [0, 0.05) is 30.0 Å². The summed E-state index contributed by atoms with van der Waals surface area (Å²) in [5.41, 5.74) is 5.16. The number of anilines is 1. The van der Waals surface area contributed by atoms with Gasteiger partial charge in [0.1, 0.15) is 0 Å². The van der Waals surface area contributed by atoms with E-state index in [1.54, 1.807) is 16.8 Å². The predicted octanol–water partition coefficient (Wildman–Crippen LogP) is 4.04. The van der Waals surface area contributed by atoms with Gasteiger partial charge in [-0.3, -0.25) is 4.79 Å². The maximum atomic E-state index is 12.4. The van der Waals surface area contributed by atoms with Crippen molar-refractivity contribution in [3.63, 3.8) is 0 Å². The van der Waals surface area contributed by atoms with Crippen molar-refractivity contribution < 1.29 is 4.79 Å². The van der Waals surface area contributed by atoms with Crippen molar-refractivity contribution >= 4 is 44.1 Å². The highest BCUT2D eigenvalue weighted by Gasteiger charge is 2.09. The molecule has 0 saturated heterocycles. The van der Waals surface area contributed by atoms with Gasteiger partial charge in [-0.15, -0.1) is 11.3 Å². The third-order valence-corrected chi connectivity index (χ3v) is 4.55. The number of aromatic nitrogens is 2. The third-order valence-electron chi connectivity index (χ3n) is 3.74. The predicted molar refractivity (Wildman–Crippen MR) is 90.5 cm³/mol. The number of hydrogen-bond donors (Lipinski definition) is 1. The van der Waals surface area contributed by atoms with Gasteiger partial charge in [-0.2, -0.15) is 0 Å². The molecular weight excluding hydrogens is 294 g/mol. The van der Waals surface area contributed by atoms with E-state index in [4.69, 9.17) is 0 Å². The van der Waals surface area contributed by atoms with Crippen LogP contribution in [-0.2, 0) is 7.05 Å². The fourth-order valence-electron chi connectivity index (χ4n) is 2.54. The van der Waals surface area contributed by atoms with Gasteiger partial charge in [-0.25, -0.2) is 4.98 Å². The lowest BCUT2D eigenvalue weighted by Gasteiger charge is -2.06. The summed E-state index contributed by atoms with van der Waals surface area (Å²) >= 11 is 1.59. The molecule has 0 radical (unpaired) electrons. The first-order valence-corrected chi connectivity index (χ1v) is 7.78. The summed E-state index contributed by atoms with van der Waals surface area (Å²) in [5.74, 6) is -0.113. The monoisotopic (exact) mass is 307 g/mol. The molecule has 0 aliphatic heterocycles. The van der Waals surface area contributed by atoms with Crippen molar-refractivity contribution in [2.45, 2.75) is 0 Å². The Kier molecular flexibility index (Phi) is 2.94. The van der Waals surface area contributed by atoms with E-state index in [9.17, 15) is 4.79 Å². The van der Waals surface area contributed by atoms with E-state index in [2.05, 4.69) is 10.3 Å². The second-order valence-electron chi connectivity index (χ2n) is 5.19. The number of hydrogen-bond acceptors (Lipinski definition) is 3. The number of carbonyl (C=O) groups excluding carboxylic acids is 1. The molecule has 0 aliphatic carbocycles. The van der Waals surface area contributed by atoms with Crippen LogP contribution in [0.4, 0.5) is 5.69 Å². The average Bonchev–Trinajstić information content (AvgIpc) is 3.13. The molecule has 0 fully saturated rings. The molecule has 1 amide bonds. The molecule has 4 rings (SSSR count). The number of aryl methyl sites for hydroxylation is 1. The molecule has 2 aromatic carbocycles. The largest absolute Gasteiger partial charge is 0.351 e. The normalized spacial score (nSPS) is 11.1. The zero-order chi connectivity index (χ0) is 15.1. The van der Waals surface area contributed by atoms with E-state index in [-0.39, 0.29) is 5.91 Å². The highest BCUT2D eigenvalue weighted by atomic mass is 32.1. The number of fused-ring (bicyclic) bond motifs is 2. The Hall–Kier alpha value is -2.66. The zero-order valence-corrected chi connectivity index (χ0v) is 12.7. The topological polar surface area (TPSA) is 46.9 Å². The number of rotatable bonds is 2. The van der Waals surface area contributed by atoms with E-state index < -0.39 is 0 Å². The summed E-state index contributed by atoms with van der Waals surface area (Å²) in [4.78, 5) is 16.7. The molecule has 108 valence electrons. The van der Waals surface area contributed by atoms with Gasteiger partial charge in [0.2, 0.25) is 0 Å². The first-order valence-electron chi connectivity index (χ1n) is 6.90. The Morgan fingerprint density at radius 2 is 2.09 bits per heavy atom. The fraction of sp³-hybridized carbons (Fsp3) is 0.0588. The molecule has 4 aromatic rings. The molecule has 22 heavy (non-hydrogen) atoms. The fourth-order valence-corrected chi connectivity index (χ4v) is 3.20. The Morgan fingerprint density at radius 1 is 1.18 bits per heavy atom. The van der Waals surface area contributed by atoms with Gasteiger partial charge >= 0.3 is 0 Å². The minimum atomic E-state index is -0.113. The number of nitrogens with zero attached hydrogens (tertiary/aromatic N) is 2. The summed E-state index contributed by atoms with van der Waals surface area (Å²) in [6, 6.07) is 13.5. The van der Waals surface area contributed by atoms with Crippen molar-refractivity contribution in [1.82, 2.24) is 9.55 Å². The second kappa shape index (κ2) is 4.96. The highest BCUT2D eigenvalue weighted by molar-refractivity contribution is 7.16. The number of amides is 1.